The maximum absolute atomic E-state index is 3.41. The fraction of sp³-hybridized carbons (Fsp3) is 0. The van der Waals surface area contributed by atoms with E-state index in [1.165, 1.54) is 16.5 Å². The lowest BCUT2D eigenvalue weighted by molar-refractivity contribution is -0.571. The predicted octanol–water partition coefficient (Wildman–Crippen LogP) is 4.58. The fourth-order valence-corrected chi connectivity index (χ4v) is 2.82. The summed E-state index contributed by atoms with van der Waals surface area (Å²) in [4.78, 5) is 0. The van der Waals surface area contributed by atoms with E-state index in [0.717, 1.165) is 11.2 Å². The van der Waals surface area contributed by atoms with Crippen molar-refractivity contribution in [2.45, 2.75) is 0 Å². The Morgan fingerprint density at radius 3 is 2.05 bits per heavy atom. The molecule has 0 bridgehead atoms. The van der Waals surface area contributed by atoms with Crippen LogP contribution in [-0.4, -0.2) is 0 Å². The summed E-state index contributed by atoms with van der Waals surface area (Å²) in [6, 6.07) is 31.4. The highest BCUT2D eigenvalue weighted by Gasteiger charge is 2.07. The summed E-state index contributed by atoms with van der Waals surface area (Å²) in [7, 11) is 0. The van der Waals surface area contributed by atoms with Gasteiger partial charge in [-0.05, 0) is 23.6 Å². The van der Waals surface area contributed by atoms with Crippen LogP contribution in [0.4, 0.5) is 0 Å². The van der Waals surface area contributed by atoms with Crippen LogP contribution in [-0.2, 0) is 0 Å². The van der Waals surface area contributed by atoms with Crippen LogP contribution in [0.15, 0.2) is 91.0 Å². The molecule has 1 aromatic heterocycles. The molecule has 104 valence electrons. The number of pyridine rings is 1. The van der Waals surface area contributed by atoms with Crippen molar-refractivity contribution in [3.63, 3.8) is 0 Å². The molecule has 4 rings (SSSR count). The quantitative estimate of drug-likeness (QED) is 0.374. The highest BCUT2D eigenvalue weighted by Crippen LogP contribution is 2.26. The fourth-order valence-electron chi connectivity index (χ4n) is 2.82. The lowest BCUT2D eigenvalue weighted by Gasteiger charge is -2.13. The van der Waals surface area contributed by atoms with Crippen molar-refractivity contribution in [2.24, 2.45) is 0 Å². The topological polar surface area (TPSA) is 3.88 Å². The van der Waals surface area contributed by atoms with Crippen LogP contribution < -0.4 is 4.57 Å². The second-order valence-corrected chi connectivity index (χ2v) is 5.24. The molecule has 0 aliphatic heterocycles. The van der Waals surface area contributed by atoms with Gasteiger partial charge in [-0.2, -0.15) is 0 Å². The van der Waals surface area contributed by atoms with Crippen molar-refractivity contribution < 1.29 is 4.57 Å². The molecule has 1 nitrogen and oxygen atoms in total. The van der Waals surface area contributed by atoms with Crippen LogP contribution in [0.3, 0.4) is 0 Å². The molecule has 1 heterocycles. The molecule has 0 atom stereocenters. The van der Waals surface area contributed by atoms with Crippen molar-refractivity contribution in [3.05, 3.63) is 97.2 Å². The molecule has 0 saturated heterocycles. The van der Waals surface area contributed by atoms with E-state index in [9.17, 15) is 0 Å². The molecule has 0 aliphatic rings. The van der Waals surface area contributed by atoms with E-state index in [2.05, 4.69) is 89.6 Å². The van der Waals surface area contributed by atoms with E-state index in [4.69, 9.17) is 0 Å². The van der Waals surface area contributed by atoms with Gasteiger partial charge >= 0.3 is 0 Å². The minimum atomic E-state index is 1.12. The average molecular weight is 281 g/mol. The van der Waals surface area contributed by atoms with Crippen LogP contribution in [0.5, 0.6) is 0 Å². The Balaban J connectivity index is 2.01. The summed E-state index contributed by atoms with van der Waals surface area (Å²) in [5.74, 6) is 0. The van der Waals surface area contributed by atoms with E-state index in [0.29, 0.717) is 0 Å². The van der Waals surface area contributed by atoms with Gasteiger partial charge in [-0.25, -0.2) is 0 Å². The van der Waals surface area contributed by atoms with Gasteiger partial charge < -0.3 is 0 Å². The Morgan fingerprint density at radius 2 is 1.27 bits per heavy atom. The summed E-state index contributed by atoms with van der Waals surface area (Å²) in [5, 5.41) is 1.23. The first kappa shape index (κ1) is 12.8. The molecule has 0 aliphatic carbocycles. The standard InChI is InChI=1S/C21H15N/c1-3-9-17(10-4-1)19-15-16-22(18-11-5-2-6-12-18)21-14-8-7-13-20(19)21/h1-15H. The third-order valence-corrected chi connectivity index (χ3v) is 3.87. The molecular formula is C21H15N. The lowest BCUT2D eigenvalue weighted by atomic mass is 10.0. The second kappa shape index (κ2) is 5.45. The number of rotatable bonds is 2. The van der Waals surface area contributed by atoms with Crippen molar-refractivity contribution in [1.82, 2.24) is 0 Å². The largest absolute Gasteiger partial charge is 0.278 e. The normalized spacial score (nSPS) is 10.7. The molecule has 0 radical (unpaired) electrons. The first-order valence-corrected chi connectivity index (χ1v) is 7.40. The molecule has 0 amide bonds. The van der Waals surface area contributed by atoms with Crippen molar-refractivity contribution in [2.75, 3.05) is 0 Å². The lowest BCUT2D eigenvalue weighted by Crippen LogP contribution is -2.31. The second-order valence-electron chi connectivity index (χ2n) is 5.24. The molecule has 0 N–H and O–H groups in total. The van der Waals surface area contributed by atoms with Gasteiger partial charge in [0, 0.05) is 0 Å². The highest BCUT2D eigenvalue weighted by molar-refractivity contribution is 5.92. The molecule has 4 aromatic rings. The third kappa shape index (κ3) is 2.17. The number of aromatic nitrogens is 1. The smallest absolute Gasteiger partial charge is 0.153 e. The van der Waals surface area contributed by atoms with E-state index < -0.39 is 0 Å². The number of hydrogen-bond donors (Lipinski definition) is 0. The molecule has 0 saturated carbocycles. The van der Waals surface area contributed by atoms with Crippen LogP contribution >= 0.6 is 0 Å². The van der Waals surface area contributed by atoms with E-state index >= 15 is 0 Å². The molecule has 3 aromatic carbocycles. The number of para-hydroxylation sites is 2. The van der Waals surface area contributed by atoms with E-state index in [-0.39, 0.29) is 0 Å². The molecule has 0 fully saturated rings. The third-order valence-electron chi connectivity index (χ3n) is 3.87. The molecule has 1 heteroatoms. The molecule has 22 heavy (non-hydrogen) atoms. The van der Waals surface area contributed by atoms with Crippen molar-refractivity contribution in [1.29, 1.82) is 0 Å². The van der Waals surface area contributed by atoms with Gasteiger partial charge in [0.2, 0.25) is 0 Å². The first-order valence-electron chi connectivity index (χ1n) is 7.40. The van der Waals surface area contributed by atoms with Crippen LogP contribution in [0.1, 0.15) is 0 Å². The Hall–Kier alpha value is -2.93. The zero-order valence-corrected chi connectivity index (χ0v) is 12.1. The summed E-state index contributed by atoms with van der Waals surface area (Å²) in [6.07, 6.45) is 3.41. The minimum Gasteiger partial charge on any atom is -0.278 e. The SMILES string of the molecule is [c-]1cc(-c2ccccc2)c2ccccc2[n+]1-c1ccccc1. The summed E-state index contributed by atoms with van der Waals surface area (Å²) >= 11 is 0. The Labute approximate surface area is 130 Å². The molecule has 0 spiro atoms. The summed E-state index contributed by atoms with van der Waals surface area (Å²) < 4.78 is 2.11. The van der Waals surface area contributed by atoms with Gasteiger partial charge in [0.15, 0.2) is 6.20 Å². The zero-order valence-electron chi connectivity index (χ0n) is 12.1. The number of nitrogens with zero attached hydrogens (tertiary/aromatic N) is 1. The van der Waals surface area contributed by atoms with E-state index in [1.54, 1.807) is 0 Å². The summed E-state index contributed by atoms with van der Waals surface area (Å²) in [6.45, 7) is 0. The monoisotopic (exact) mass is 281 g/mol. The first-order chi connectivity index (χ1) is 10.9. The van der Waals surface area contributed by atoms with Gasteiger partial charge in [0.1, 0.15) is 11.2 Å². The van der Waals surface area contributed by atoms with Gasteiger partial charge in [-0.1, -0.05) is 83.9 Å². The predicted molar refractivity (Wildman–Crippen MR) is 89.8 cm³/mol. The number of hydrogen-bond acceptors (Lipinski definition) is 0. The van der Waals surface area contributed by atoms with Crippen LogP contribution in [0.2, 0.25) is 0 Å². The summed E-state index contributed by atoms with van der Waals surface area (Å²) in [5.41, 5.74) is 4.71. The van der Waals surface area contributed by atoms with E-state index in [1.807, 2.05) is 12.1 Å². The van der Waals surface area contributed by atoms with Gasteiger partial charge in [-0.3, -0.25) is 4.57 Å². The molecule has 0 unspecified atom stereocenters. The Kier molecular flexibility index (Phi) is 3.17. The average Bonchev–Trinajstić information content (AvgIpc) is 2.62. The van der Waals surface area contributed by atoms with Gasteiger partial charge in [0.05, 0.1) is 0 Å². The van der Waals surface area contributed by atoms with Gasteiger partial charge in [-0.15, -0.1) is 0 Å². The van der Waals surface area contributed by atoms with Crippen LogP contribution in [0.25, 0.3) is 27.7 Å². The number of benzene rings is 3. The van der Waals surface area contributed by atoms with Crippen molar-refractivity contribution in [3.8, 4) is 16.8 Å². The maximum Gasteiger partial charge on any atom is 0.153 e. The maximum atomic E-state index is 3.41. The minimum absolute atomic E-state index is 1.12. The van der Waals surface area contributed by atoms with Crippen LogP contribution in [0, 0.1) is 6.20 Å². The van der Waals surface area contributed by atoms with Gasteiger partial charge in [0.25, 0.3) is 0 Å². The zero-order chi connectivity index (χ0) is 14.8. The number of fused-ring (bicyclic) bond motifs is 1. The highest BCUT2D eigenvalue weighted by atomic mass is 15.0. The Bertz CT molecular complexity index is 834. The van der Waals surface area contributed by atoms with Crippen molar-refractivity contribution >= 4 is 10.9 Å². The Morgan fingerprint density at radius 1 is 0.636 bits per heavy atom. The molecular weight excluding hydrogens is 266 g/mol.